The molecule has 3 unspecified atom stereocenters. The van der Waals surface area contributed by atoms with Crippen molar-refractivity contribution in [3.63, 3.8) is 0 Å². The Hall–Kier alpha value is -4.26. The number of aliphatic hydroxyl groups excluding tert-OH is 1. The van der Waals surface area contributed by atoms with Crippen molar-refractivity contribution in [3.8, 4) is 11.1 Å². The summed E-state index contributed by atoms with van der Waals surface area (Å²) in [5, 5.41) is 33.8. The van der Waals surface area contributed by atoms with E-state index in [0.717, 1.165) is 38.1 Å². The summed E-state index contributed by atoms with van der Waals surface area (Å²) in [5.41, 5.74) is 7.09. The lowest BCUT2D eigenvalue weighted by molar-refractivity contribution is -0.645. The minimum Gasteiger partial charge on any atom is -0.618 e. The molecule has 0 radical (unpaired) electrons. The van der Waals surface area contributed by atoms with Crippen LogP contribution in [0.3, 0.4) is 0 Å². The van der Waals surface area contributed by atoms with E-state index in [2.05, 4.69) is 5.32 Å². The first kappa shape index (κ1) is 33.1. The Bertz CT molecular complexity index is 1620. The molecule has 1 aliphatic rings. The van der Waals surface area contributed by atoms with Crippen molar-refractivity contribution in [1.29, 1.82) is 0 Å². The lowest BCUT2D eigenvalue weighted by atomic mass is 9.99. The molecule has 240 valence electrons. The molecule has 10 nitrogen and oxygen atoms in total. The van der Waals surface area contributed by atoms with E-state index in [1.807, 2.05) is 78.9 Å². The molecule has 3 atom stereocenters. The van der Waals surface area contributed by atoms with Crippen LogP contribution in [0.4, 0.5) is 0 Å². The molecular weight excluding hydrogens is 606 g/mol. The summed E-state index contributed by atoms with van der Waals surface area (Å²) in [6, 6.07) is 28.9. The average Bonchev–Trinajstić information content (AvgIpc) is 3.10. The molecule has 4 N–H and O–H groups in total. The first-order valence-electron chi connectivity index (χ1n) is 15.1. The van der Waals surface area contributed by atoms with Gasteiger partial charge in [0.1, 0.15) is 0 Å². The van der Waals surface area contributed by atoms with E-state index in [1.54, 1.807) is 17.6 Å². The van der Waals surface area contributed by atoms with E-state index in [1.165, 1.54) is 18.0 Å². The number of carbonyl (C=O) groups excluding carboxylic acids is 2. The molecule has 1 aromatic heterocycles. The number of pyridine rings is 1. The van der Waals surface area contributed by atoms with Gasteiger partial charge in [-0.15, -0.1) is 0 Å². The first-order chi connectivity index (χ1) is 22.4. The lowest BCUT2D eigenvalue weighted by Crippen LogP contribution is -2.32. The second-order valence-corrected chi connectivity index (χ2v) is 12.1. The van der Waals surface area contributed by atoms with E-state index in [4.69, 9.17) is 14.7 Å². The third kappa shape index (κ3) is 9.15. The molecule has 2 amide bonds. The molecule has 0 aliphatic carbocycles. The summed E-state index contributed by atoms with van der Waals surface area (Å²) in [5.74, 6) is -0.118. The summed E-state index contributed by atoms with van der Waals surface area (Å²) >= 11 is 1.45. The SMILES string of the molecule is O=C(CCCC(=O)NCc1cccc(-c2cccc(C3OC(CSc4cccc[n+]4[O-])CC(c4ccc(CO)cc4)O3)c2)c1)NO. The number of nitrogens with one attached hydrogen (secondary N) is 2. The summed E-state index contributed by atoms with van der Waals surface area (Å²) in [4.78, 5) is 23.4. The van der Waals surface area contributed by atoms with Gasteiger partial charge in [-0.1, -0.05) is 72.4 Å². The third-order valence-corrected chi connectivity index (χ3v) is 8.81. The van der Waals surface area contributed by atoms with Crippen molar-refractivity contribution in [2.75, 3.05) is 5.75 Å². The van der Waals surface area contributed by atoms with Crippen LogP contribution >= 0.6 is 11.8 Å². The zero-order valence-electron chi connectivity index (χ0n) is 25.2. The van der Waals surface area contributed by atoms with Crippen LogP contribution in [-0.4, -0.2) is 34.0 Å². The predicted octanol–water partition coefficient (Wildman–Crippen LogP) is 5.11. The highest BCUT2D eigenvalue weighted by Crippen LogP contribution is 2.40. The zero-order valence-corrected chi connectivity index (χ0v) is 26.0. The van der Waals surface area contributed by atoms with Crippen LogP contribution in [-0.2, 0) is 32.2 Å². The van der Waals surface area contributed by atoms with E-state index in [9.17, 15) is 19.9 Å². The van der Waals surface area contributed by atoms with Crippen LogP contribution in [0.5, 0.6) is 0 Å². The van der Waals surface area contributed by atoms with E-state index >= 15 is 0 Å². The quantitative estimate of drug-likeness (QED) is 0.0518. The normalized spacial score (nSPS) is 17.7. The van der Waals surface area contributed by atoms with E-state index in [-0.39, 0.29) is 37.6 Å². The lowest BCUT2D eigenvalue weighted by Gasteiger charge is -2.36. The third-order valence-electron chi connectivity index (χ3n) is 7.66. The Labute approximate surface area is 271 Å². The van der Waals surface area contributed by atoms with Gasteiger partial charge in [0.25, 0.3) is 5.03 Å². The number of hydrogen-bond donors (Lipinski definition) is 4. The topological polar surface area (TPSA) is 144 Å². The van der Waals surface area contributed by atoms with Crippen LogP contribution in [0.25, 0.3) is 11.1 Å². The van der Waals surface area contributed by atoms with Crippen molar-refractivity contribution in [2.45, 2.75) is 62.4 Å². The van der Waals surface area contributed by atoms with Crippen LogP contribution in [0, 0.1) is 5.21 Å². The largest absolute Gasteiger partial charge is 0.618 e. The summed E-state index contributed by atoms with van der Waals surface area (Å²) in [7, 11) is 0. The highest BCUT2D eigenvalue weighted by Gasteiger charge is 2.33. The number of thioether (sulfide) groups is 1. The monoisotopic (exact) mass is 643 g/mol. The van der Waals surface area contributed by atoms with Gasteiger partial charge in [-0.2, -0.15) is 4.73 Å². The summed E-state index contributed by atoms with van der Waals surface area (Å²) in [6.45, 7) is 0.309. The Morgan fingerprint density at radius 3 is 2.39 bits per heavy atom. The molecular formula is C35H37N3O7S. The molecule has 4 aromatic rings. The van der Waals surface area contributed by atoms with Crippen molar-refractivity contribution in [2.24, 2.45) is 0 Å². The van der Waals surface area contributed by atoms with Crippen LogP contribution in [0.1, 0.15) is 60.3 Å². The fraction of sp³-hybridized carbons (Fsp3) is 0.286. The number of hydroxylamine groups is 1. The number of hydrogen-bond acceptors (Lipinski definition) is 8. The number of rotatable bonds is 13. The van der Waals surface area contributed by atoms with Crippen LogP contribution in [0.2, 0.25) is 0 Å². The van der Waals surface area contributed by atoms with Gasteiger partial charge < -0.3 is 25.1 Å². The van der Waals surface area contributed by atoms with Gasteiger partial charge in [-0.3, -0.25) is 14.8 Å². The van der Waals surface area contributed by atoms with Gasteiger partial charge in [0.2, 0.25) is 11.8 Å². The molecule has 1 saturated heterocycles. The molecule has 3 aromatic carbocycles. The number of amides is 2. The molecule has 1 aliphatic heterocycles. The Balaban J connectivity index is 1.29. The van der Waals surface area contributed by atoms with Crippen molar-refractivity contribution in [1.82, 2.24) is 10.8 Å². The Morgan fingerprint density at radius 2 is 1.63 bits per heavy atom. The van der Waals surface area contributed by atoms with Gasteiger partial charge in [-0.05, 0) is 52.4 Å². The van der Waals surface area contributed by atoms with E-state index in [0.29, 0.717) is 30.2 Å². The summed E-state index contributed by atoms with van der Waals surface area (Å²) < 4.78 is 13.9. The Kier molecular flexibility index (Phi) is 11.8. The van der Waals surface area contributed by atoms with Gasteiger partial charge >= 0.3 is 0 Å². The molecule has 2 heterocycles. The highest BCUT2D eigenvalue weighted by atomic mass is 32.2. The number of ether oxygens (including phenoxy) is 2. The standard InChI is InChI=1S/C35H37N3O7S/c39-22-24-13-15-26(16-14-24)31-20-30(23-46-34-12-1-2-17-38(34)43)44-35(45-31)29-9-4-8-28(19-29)27-7-3-6-25(18-27)21-36-32(40)10-5-11-33(41)37-42/h1-4,6-9,12-19,30-31,35,39,42H,5,10-11,20-23H2,(H,36,40)(H,37,41). The molecule has 0 bridgehead atoms. The van der Waals surface area contributed by atoms with Crippen molar-refractivity contribution < 1.29 is 34.1 Å². The van der Waals surface area contributed by atoms with E-state index < -0.39 is 12.2 Å². The number of nitrogens with zero attached hydrogens (tertiary/aromatic N) is 1. The number of carbonyl (C=O) groups is 2. The zero-order chi connectivity index (χ0) is 32.3. The molecule has 46 heavy (non-hydrogen) atoms. The fourth-order valence-electron chi connectivity index (χ4n) is 5.21. The molecule has 11 heteroatoms. The maximum absolute atomic E-state index is 12.2. The molecule has 1 fully saturated rings. The van der Waals surface area contributed by atoms with Gasteiger partial charge in [0.05, 0.1) is 18.8 Å². The summed E-state index contributed by atoms with van der Waals surface area (Å²) in [6.07, 6.45) is 1.61. The maximum Gasteiger partial charge on any atom is 0.251 e. The van der Waals surface area contributed by atoms with Crippen LogP contribution in [0.15, 0.2) is 102 Å². The van der Waals surface area contributed by atoms with Crippen LogP contribution < -0.4 is 15.5 Å². The molecule has 0 saturated carbocycles. The molecule has 5 rings (SSSR count). The van der Waals surface area contributed by atoms with Gasteiger partial charge in [-0.25, -0.2) is 5.48 Å². The minimum absolute atomic E-state index is 0.0328. The highest BCUT2D eigenvalue weighted by molar-refractivity contribution is 7.99. The fourth-order valence-corrected chi connectivity index (χ4v) is 6.14. The maximum atomic E-state index is 12.2. The van der Waals surface area contributed by atoms with Gasteiger partial charge in [0, 0.05) is 49.3 Å². The number of aliphatic hydroxyl groups is 1. The van der Waals surface area contributed by atoms with Gasteiger partial charge in [0.15, 0.2) is 12.5 Å². The minimum atomic E-state index is -0.646. The number of aromatic nitrogens is 1. The smallest absolute Gasteiger partial charge is 0.251 e. The average molecular weight is 644 g/mol. The first-order valence-corrected chi connectivity index (χ1v) is 16.1. The second-order valence-electron chi connectivity index (χ2n) is 11.0. The Morgan fingerprint density at radius 1 is 0.870 bits per heavy atom. The molecule has 0 spiro atoms. The number of benzene rings is 3. The predicted molar refractivity (Wildman–Crippen MR) is 172 cm³/mol. The second kappa shape index (κ2) is 16.3. The van der Waals surface area contributed by atoms with Crippen molar-refractivity contribution in [3.05, 3.63) is 125 Å². The van der Waals surface area contributed by atoms with Crippen molar-refractivity contribution >= 4 is 23.6 Å².